The Morgan fingerprint density at radius 3 is 2.86 bits per heavy atom. The highest BCUT2D eigenvalue weighted by atomic mass is 19.3. The van der Waals surface area contributed by atoms with Crippen molar-refractivity contribution in [3.05, 3.63) is 0 Å². The van der Waals surface area contributed by atoms with Crippen molar-refractivity contribution in [1.29, 1.82) is 0 Å². The highest BCUT2D eigenvalue weighted by Gasteiger charge is 2.23. The number of nitrogens with one attached hydrogen (secondary N) is 1. The molecule has 0 bridgehead atoms. The molecule has 1 atom stereocenters. The maximum Gasteiger partial charge on any atom is 0.315 e. The molecule has 0 aromatic heterocycles. The molecule has 82 valence electrons. The summed E-state index contributed by atoms with van der Waals surface area (Å²) in [6.07, 6.45) is -0.813. The van der Waals surface area contributed by atoms with E-state index >= 15 is 0 Å². The van der Waals surface area contributed by atoms with Gasteiger partial charge in [-0.2, -0.15) is 8.78 Å². The number of carbonyl (C=O) groups excluding carboxylic acids is 1. The molecule has 1 heterocycles. The Labute approximate surface area is 82.5 Å². The van der Waals surface area contributed by atoms with Crippen molar-refractivity contribution < 1.29 is 13.6 Å². The van der Waals surface area contributed by atoms with Gasteiger partial charge < -0.3 is 10.2 Å². The lowest BCUT2D eigenvalue weighted by Gasteiger charge is -2.27. The van der Waals surface area contributed by atoms with E-state index in [0.717, 1.165) is 30.8 Å². The summed E-state index contributed by atoms with van der Waals surface area (Å²) in [7, 11) is 1.43. The Morgan fingerprint density at radius 2 is 2.36 bits per heavy atom. The molecular formula is C9H16F2N2O. The highest BCUT2D eigenvalue weighted by Crippen LogP contribution is 2.12. The third kappa shape index (κ3) is 3.21. The van der Waals surface area contributed by atoms with Gasteiger partial charge in [0.15, 0.2) is 0 Å². The summed E-state index contributed by atoms with van der Waals surface area (Å²) >= 11 is 0. The second-order valence-corrected chi connectivity index (χ2v) is 3.73. The number of nitrogens with zero attached hydrogens (tertiary/aromatic N) is 1. The number of alkyl halides is 2. The molecule has 5 heteroatoms. The zero-order valence-electron chi connectivity index (χ0n) is 8.30. The standard InChI is InChI=1S/C9H16F2N2O/c1-13(9(14)8(10)11)6-7-3-2-4-12-5-7/h7-8,12H,2-6H2,1H3. The zero-order valence-corrected chi connectivity index (χ0v) is 8.30. The van der Waals surface area contributed by atoms with Gasteiger partial charge in [-0.1, -0.05) is 0 Å². The van der Waals surface area contributed by atoms with Crippen LogP contribution in [0.3, 0.4) is 0 Å². The predicted octanol–water partition coefficient (Wildman–Crippen LogP) is 0.709. The lowest BCUT2D eigenvalue weighted by atomic mass is 9.99. The summed E-state index contributed by atoms with van der Waals surface area (Å²) < 4.78 is 24.1. The van der Waals surface area contributed by atoms with Crippen molar-refractivity contribution in [2.75, 3.05) is 26.7 Å². The van der Waals surface area contributed by atoms with E-state index in [4.69, 9.17) is 0 Å². The molecule has 1 fully saturated rings. The number of halogens is 2. The van der Waals surface area contributed by atoms with Crippen LogP contribution in [0.25, 0.3) is 0 Å². The molecule has 1 amide bonds. The van der Waals surface area contributed by atoms with Gasteiger partial charge in [-0.3, -0.25) is 4.79 Å². The van der Waals surface area contributed by atoms with Gasteiger partial charge in [0.05, 0.1) is 0 Å². The van der Waals surface area contributed by atoms with Crippen LogP contribution in [0.2, 0.25) is 0 Å². The van der Waals surface area contributed by atoms with Gasteiger partial charge in [-0.05, 0) is 31.8 Å². The van der Waals surface area contributed by atoms with E-state index in [2.05, 4.69) is 5.32 Å². The Hall–Kier alpha value is -0.710. The second kappa shape index (κ2) is 5.24. The van der Waals surface area contributed by atoms with Crippen molar-refractivity contribution in [3.8, 4) is 0 Å². The average Bonchev–Trinajstić information content (AvgIpc) is 2.18. The van der Waals surface area contributed by atoms with Crippen LogP contribution in [-0.4, -0.2) is 43.9 Å². The molecule has 1 unspecified atom stereocenters. The minimum absolute atomic E-state index is 0.316. The van der Waals surface area contributed by atoms with Gasteiger partial charge >= 0.3 is 6.43 Å². The number of piperidine rings is 1. The Balaban J connectivity index is 2.31. The Bertz CT molecular complexity index is 193. The molecule has 0 saturated carbocycles. The summed E-state index contributed by atoms with van der Waals surface area (Å²) in [6, 6.07) is 0. The second-order valence-electron chi connectivity index (χ2n) is 3.73. The average molecular weight is 206 g/mol. The molecular weight excluding hydrogens is 190 g/mol. The summed E-state index contributed by atoms with van der Waals surface area (Å²) in [5.41, 5.74) is 0. The van der Waals surface area contributed by atoms with Crippen LogP contribution in [0.5, 0.6) is 0 Å². The summed E-state index contributed by atoms with van der Waals surface area (Å²) in [5.74, 6) is -0.757. The lowest BCUT2D eigenvalue weighted by Crippen LogP contribution is -2.41. The fraction of sp³-hybridized carbons (Fsp3) is 0.889. The van der Waals surface area contributed by atoms with Crippen LogP contribution in [0.15, 0.2) is 0 Å². The number of hydrogen-bond donors (Lipinski definition) is 1. The molecule has 0 radical (unpaired) electrons. The first-order valence-electron chi connectivity index (χ1n) is 4.85. The molecule has 3 nitrogen and oxygen atoms in total. The van der Waals surface area contributed by atoms with Crippen LogP contribution in [0, 0.1) is 5.92 Å². The fourth-order valence-corrected chi connectivity index (χ4v) is 1.72. The number of rotatable bonds is 3. The molecule has 1 aliphatic heterocycles. The third-order valence-corrected chi connectivity index (χ3v) is 2.49. The minimum Gasteiger partial charge on any atom is -0.340 e. The van der Waals surface area contributed by atoms with E-state index < -0.39 is 12.3 Å². The Morgan fingerprint density at radius 1 is 1.64 bits per heavy atom. The molecule has 0 spiro atoms. The van der Waals surface area contributed by atoms with Crippen LogP contribution in [0.1, 0.15) is 12.8 Å². The van der Waals surface area contributed by atoms with Crippen molar-refractivity contribution >= 4 is 5.91 Å². The van der Waals surface area contributed by atoms with Crippen LogP contribution >= 0.6 is 0 Å². The maximum absolute atomic E-state index is 12.0. The number of carbonyl (C=O) groups is 1. The first-order chi connectivity index (χ1) is 6.61. The van der Waals surface area contributed by atoms with Gasteiger partial charge in [-0.25, -0.2) is 0 Å². The molecule has 0 aromatic carbocycles. The molecule has 1 N–H and O–H groups in total. The summed E-state index contributed by atoms with van der Waals surface area (Å²) in [5, 5.41) is 3.18. The topological polar surface area (TPSA) is 32.3 Å². The Kier molecular flexibility index (Phi) is 4.25. The lowest BCUT2D eigenvalue weighted by molar-refractivity contribution is -0.142. The molecule has 0 aliphatic carbocycles. The van der Waals surface area contributed by atoms with E-state index in [-0.39, 0.29) is 0 Å². The first-order valence-corrected chi connectivity index (χ1v) is 4.85. The molecule has 1 rings (SSSR count). The monoisotopic (exact) mass is 206 g/mol. The van der Waals surface area contributed by atoms with Crippen molar-refractivity contribution in [2.24, 2.45) is 5.92 Å². The normalized spacial score (nSPS) is 22.4. The van der Waals surface area contributed by atoms with Gasteiger partial charge in [0.2, 0.25) is 0 Å². The van der Waals surface area contributed by atoms with Crippen LogP contribution in [0.4, 0.5) is 8.78 Å². The smallest absolute Gasteiger partial charge is 0.315 e. The summed E-state index contributed by atoms with van der Waals surface area (Å²) in [6.45, 7) is 2.24. The number of amides is 1. The molecule has 1 aliphatic rings. The molecule has 1 saturated heterocycles. The zero-order chi connectivity index (χ0) is 10.6. The summed E-state index contributed by atoms with van der Waals surface area (Å²) in [4.78, 5) is 12.0. The van der Waals surface area contributed by atoms with Crippen molar-refractivity contribution in [1.82, 2.24) is 10.2 Å². The maximum atomic E-state index is 12.0. The molecule has 0 aromatic rings. The SMILES string of the molecule is CN(CC1CCCNC1)C(=O)C(F)F. The van der Waals surface area contributed by atoms with Crippen LogP contribution in [-0.2, 0) is 4.79 Å². The van der Waals surface area contributed by atoms with E-state index in [1.165, 1.54) is 7.05 Å². The van der Waals surface area contributed by atoms with Crippen LogP contribution < -0.4 is 5.32 Å². The first kappa shape index (κ1) is 11.4. The number of hydrogen-bond acceptors (Lipinski definition) is 2. The van der Waals surface area contributed by atoms with E-state index in [1.807, 2.05) is 0 Å². The van der Waals surface area contributed by atoms with Crippen molar-refractivity contribution in [3.63, 3.8) is 0 Å². The quantitative estimate of drug-likeness (QED) is 0.737. The highest BCUT2D eigenvalue weighted by molar-refractivity contribution is 5.78. The van der Waals surface area contributed by atoms with Crippen molar-refractivity contribution in [2.45, 2.75) is 19.3 Å². The van der Waals surface area contributed by atoms with E-state index in [1.54, 1.807) is 0 Å². The fourth-order valence-electron chi connectivity index (χ4n) is 1.72. The minimum atomic E-state index is -2.88. The van der Waals surface area contributed by atoms with Gasteiger partial charge in [0.25, 0.3) is 5.91 Å². The molecule has 14 heavy (non-hydrogen) atoms. The largest absolute Gasteiger partial charge is 0.340 e. The van der Waals surface area contributed by atoms with E-state index in [0.29, 0.717) is 12.5 Å². The van der Waals surface area contributed by atoms with Gasteiger partial charge in [0, 0.05) is 13.6 Å². The third-order valence-electron chi connectivity index (χ3n) is 2.49. The van der Waals surface area contributed by atoms with Gasteiger partial charge in [0.1, 0.15) is 0 Å². The van der Waals surface area contributed by atoms with E-state index in [9.17, 15) is 13.6 Å². The van der Waals surface area contributed by atoms with Gasteiger partial charge in [-0.15, -0.1) is 0 Å². The predicted molar refractivity (Wildman–Crippen MR) is 49.2 cm³/mol.